The number of benzene rings is 1. The fraction of sp³-hybridized carbons (Fsp3) is 0.154. The summed E-state index contributed by atoms with van der Waals surface area (Å²) in [4.78, 5) is 11.5. The average Bonchev–Trinajstić information content (AvgIpc) is 2.83. The number of aromatic carboxylic acids is 1. The molecule has 0 fully saturated rings. The Morgan fingerprint density at radius 3 is 2.74 bits per heavy atom. The summed E-state index contributed by atoms with van der Waals surface area (Å²) in [5.41, 5.74) is 0. The maximum absolute atomic E-state index is 13.0. The van der Waals surface area contributed by atoms with Gasteiger partial charge in [0.05, 0.1) is 10.3 Å². The third kappa shape index (κ3) is 3.30. The Morgan fingerprint density at radius 1 is 1.42 bits per heavy atom. The van der Waals surface area contributed by atoms with E-state index in [-0.39, 0.29) is 16.0 Å². The molecule has 1 aromatic heterocycles. The van der Waals surface area contributed by atoms with E-state index in [0.29, 0.717) is 5.76 Å². The molecule has 0 amide bonds. The second-order valence-electron chi connectivity index (χ2n) is 3.84. The van der Waals surface area contributed by atoms with Crippen molar-refractivity contribution in [1.29, 1.82) is 0 Å². The van der Waals surface area contributed by atoms with Crippen molar-refractivity contribution in [1.82, 2.24) is 0 Å². The first-order chi connectivity index (χ1) is 8.97. The number of furan rings is 1. The van der Waals surface area contributed by atoms with Gasteiger partial charge in [-0.25, -0.2) is 9.18 Å². The molecule has 1 atom stereocenters. The first-order valence-electron chi connectivity index (χ1n) is 5.42. The van der Waals surface area contributed by atoms with Gasteiger partial charge >= 0.3 is 5.97 Å². The molecule has 6 heteroatoms. The Balaban J connectivity index is 2.13. The molecule has 2 rings (SSSR count). The van der Waals surface area contributed by atoms with E-state index in [9.17, 15) is 9.18 Å². The van der Waals surface area contributed by atoms with Gasteiger partial charge in [-0.2, -0.15) is 0 Å². The van der Waals surface area contributed by atoms with Gasteiger partial charge in [0.15, 0.2) is 0 Å². The van der Waals surface area contributed by atoms with Gasteiger partial charge in [0.2, 0.25) is 5.76 Å². The lowest BCUT2D eigenvalue weighted by atomic mass is 10.3. The minimum atomic E-state index is -1.10. The molecule has 0 aliphatic rings. The third-order valence-corrected chi connectivity index (χ3v) is 3.84. The fourth-order valence-electron chi connectivity index (χ4n) is 1.50. The Hall–Kier alpha value is -1.46. The number of thioether (sulfide) groups is 1. The van der Waals surface area contributed by atoms with Gasteiger partial charge in [0.25, 0.3) is 0 Å². The molecule has 100 valence electrons. The second kappa shape index (κ2) is 5.67. The number of carboxylic acids is 1. The lowest BCUT2D eigenvalue weighted by Gasteiger charge is -2.08. The first kappa shape index (κ1) is 14.0. The molecule has 1 heterocycles. The number of hydrogen-bond acceptors (Lipinski definition) is 3. The van der Waals surface area contributed by atoms with E-state index in [0.717, 1.165) is 4.90 Å². The van der Waals surface area contributed by atoms with Crippen LogP contribution in [0.5, 0.6) is 0 Å². The summed E-state index contributed by atoms with van der Waals surface area (Å²) < 4.78 is 18.2. The van der Waals surface area contributed by atoms with E-state index in [1.165, 1.54) is 30.0 Å². The fourth-order valence-corrected chi connectivity index (χ4v) is 2.73. The van der Waals surface area contributed by atoms with E-state index in [1.807, 2.05) is 6.92 Å². The van der Waals surface area contributed by atoms with Crippen LogP contribution in [0.4, 0.5) is 4.39 Å². The number of rotatable bonds is 4. The minimum absolute atomic E-state index is 0.0582. The zero-order chi connectivity index (χ0) is 14.0. The lowest BCUT2D eigenvalue weighted by Crippen LogP contribution is -1.92. The van der Waals surface area contributed by atoms with Crippen LogP contribution in [0.15, 0.2) is 39.6 Å². The van der Waals surface area contributed by atoms with Crippen molar-refractivity contribution in [3.63, 3.8) is 0 Å². The monoisotopic (exact) mass is 300 g/mol. The molecule has 0 spiro atoms. The summed E-state index contributed by atoms with van der Waals surface area (Å²) in [5.74, 6) is -1.12. The van der Waals surface area contributed by atoms with Crippen molar-refractivity contribution in [3.8, 4) is 0 Å². The Labute approximate surface area is 118 Å². The SMILES string of the molecule is CC(Sc1ccc(F)c(Cl)c1)c1ccc(C(=O)O)o1. The summed E-state index contributed by atoms with van der Waals surface area (Å²) in [7, 11) is 0. The van der Waals surface area contributed by atoms with Crippen LogP contribution in [0, 0.1) is 5.82 Å². The molecule has 0 aliphatic carbocycles. The molecule has 3 nitrogen and oxygen atoms in total. The topological polar surface area (TPSA) is 50.4 Å². The van der Waals surface area contributed by atoms with E-state index >= 15 is 0 Å². The highest BCUT2D eigenvalue weighted by Gasteiger charge is 2.15. The molecule has 0 aliphatic heterocycles. The van der Waals surface area contributed by atoms with Gasteiger partial charge in [-0.15, -0.1) is 11.8 Å². The van der Waals surface area contributed by atoms with Crippen LogP contribution in [0.25, 0.3) is 0 Å². The summed E-state index contributed by atoms with van der Waals surface area (Å²) in [5, 5.41) is 8.73. The van der Waals surface area contributed by atoms with Crippen molar-refractivity contribution in [2.45, 2.75) is 17.1 Å². The van der Waals surface area contributed by atoms with Crippen LogP contribution in [0.3, 0.4) is 0 Å². The van der Waals surface area contributed by atoms with Crippen molar-refractivity contribution >= 4 is 29.3 Å². The quantitative estimate of drug-likeness (QED) is 0.837. The van der Waals surface area contributed by atoms with E-state index in [1.54, 1.807) is 12.1 Å². The molecule has 1 unspecified atom stereocenters. The van der Waals surface area contributed by atoms with Gasteiger partial charge < -0.3 is 9.52 Å². The summed E-state index contributed by atoms with van der Waals surface area (Å²) in [6, 6.07) is 7.46. The lowest BCUT2D eigenvalue weighted by molar-refractivity contribution is 0.0660. The molecule has 2 aromatic rings. The van der Waals surface area contributed by atoms with Crippen LogP contribution in [-0.4, -0.2) is 11.1 Å². The molecule has 1 aromatic carbocycles. The largest absolute Gasteiger partial charge is 0.475 e. The smallest absolute Gasteiger partial charge is 0.371 e. The van der Waals surface area contributed by atoms with E-state index in [2.05, 4.69) is 0 Å². The molecule has 0 saturated carbocycles. The number of halogens is 2. The van der Waals surface area contributed by atoms with Crippen LogP contribution in [-0.2, 0) is 0 Å². The maximum Gasteiger partial charge on any atom is 0.371 e. The van der Waals surface area contributed by atoms with Crippen molar-refractivity contribution in [3.05, 3.63) is 52.7 Å². The van der Waals surface area contributed by atoms with Gasteiger partial charge in [-0.05, 0) is 37.3 Å². The molecule has 1 N–H and O–H groups in total. The summed E-state index contributed by atoms with van der Waals surface area (Å²) in [6.07, 6.45) is 0. The van der Waals surface area contributed by atoms with Crippen molar-refractivity contribution in [2.75, 3.05) is 0 Å². The Bertz CT molecular complexity index is 612. The van der Waals surface area contributed by atoms with E-state index < -0.39 is 11.8 Å². The van der Waals surface area contributed by atoms with Gasteiger partial charge in [-0.3, -0.25) is 0 Å². The third-order valence-electron chi connectivity index (χ3n) is 2.44. The highest BCUT2D eigenvalue weighted by Crippen LogP contribution is 2.36. The maximum atomic E-state index is 13.0. The Kier molecular flexibility index (Phi) is 4.17. The van der Waals surface area contributed by atoms with Gasteiger partial charge in [-0.1, -0.05) is 11.6 Å². The molecular formula is C13H10ClFO3S. The van der Waals surface area contributed by atoms with Crippen molar-refractivity contribution in [2.24, 2.45) is 0 Å². The first-order valence-corrected chi connectivity index (χ1v) is 6.68. The second-order valence-corrected chi connectivity index (χ2v) is 5.66. The molecule has 19 heavy (non-hydrogen) atoms. The normalized spacial score (nSPS) is 12.4. The number of carbonyl (C=O) groups is 1. The highest BCUT2D eigenvalue weighted by molar-refractivity contribution is 7.99. The van der Waals surface area contributed by atoms with Gasteiger partial charge in [0.1, 0.15) is 11.6 Å². The minimum Gasteiger partial charge on any atom is -0.475 e. The van der Waals surface area contributed by atoms with Crippen LogP contribution in [0.1, 0.15) is 28.5 Å². The predicted octanol–water partition coefficient (Wildman–Crippen LogP) is 4.62. The van der Waals surface area contributed by atoms with Crippen LogP contribution in [0.2, 0.25) is 5.02 Å². The predicted molar refractivity (Wildman–Crippen MR) is 71.3 cm³/mol. The average molecular weight is 301 g/mol. The Morgan fingerprint density at radius 2 is 2.16 bits per heavy atom. The van der Waals surface area contributed by atoms with Gasteiger partial charge in [0, 0.05) is 4.90 Å². The standard InChI is InChI=1S/C13H10ClFO3S/c1-7(11-4-5-12(18-11)13(16)17)19-8-2-3-10(15)9(14)6-8/h2-7H,1H3,(H,16,17). The summed E-state index contributed by atoms with van der Waals surface area (Å²) >= 11 is 7.11. The number of carboxylic acid groups (broad SMARTS) is 1. The molecule has 0 saturated heterocycles. The molecule has 0 bridgehead atoms. The molecular weight excluding hydrogens is 291 g/mol. The van der Waals surface area contributed by atoms with Crippen molar-refractivity contribution < 1.29 is 18.7 Å². The zero-order valence-electron chi connectivity index (χ0n) is 9.89. The van der Waals surface area contributed by atoms with E-state index in [4.69, 9.17) is 21.1 Å². The van der Waals surface area contributed by atoms with Crippen LogP contribution >= 0.6 is 23.4 Å². The summed E-state index contributed by atoms with van der Waals surface area (Å²) in [6.45, 7) is 1.87. The zero-order valence-corrected chi connectivity index (χ0v) is 11.5. The van der Waals surface area contributed by atoms with Crippen LogP contribution < -0.4 is 0 Å². The molecule has 0 radical (unpaired) electrons. The number of hydrogen-bond donors (Lipinski definition) is 1. The highest BCUT2D eigenvalue weighted by atomic mass is 35.5.